The number of nitrogens with one attached hydrogen (secondary N) is 1. The minimum atomic E-state index is -3.81. The number of aliphatic hydroxyl groups excluding tert-OH is 1. The number of fused-ring (bicyclic) bond motifs is 1. The van der Waals surface area contributed by atoms with E-state index >= 15 is 0 Å². The maximum atomic E-state index is 12.9. The van der Waals surface area contributed by atoms with Crippen molar-refractivity contribution in [3.63, 3.8) is 0 Å². The topological polar surface area (TPSA) is 66.4 Å². The number of aliphatic hydroxyl groups is 1. The van der Waals surface area contributed by atoms with Gasteiger partial charge in [0.1, 0.15) is 5.82 Å². The highest BCUT2D eigenvalue weighted by Crippen LogP contribution is 2.32. The van der Waals surface area contributed by atoms with E-state index in [1.807, 2.05) is 12.1 Å². The van der Waals surface area contributed by atoms with Crippen LogP contribution in [-0.4, -0.2) is 19.6 Å². The summed E-state index contributed by atoms with van der Waals surface area (Å²) in [7, 11) is -3.81. The molecule has 0 saturated carbocycles. The number of benzene rings is 2. The molecule has 1 aliphatic carbocycles. The lowest BCUT2D eigenvalue weighted by Crippen LogP contribution is -2.33. The number of halogens is 1. The summed E-state index contributed by atoms with van der Waals surface area (Å²) in [6.07, 6.45) is -0.398. The van der Waals surface area contributed by atoms with Crippen molar-refractivity contribution >= 4 is 10.0 Å². The predicted octanol–water partition coefficient (Wildman–Crippen LogP) is 1.76. The Labute approximate surface area is 122 Å². The second kappa shape index (κ2) is 5.22. The fourth-order valence-corrected chi connectivity index (χ4v) is 3.81. The first-order chi connectivity index (χ1) is 9.97. The van der Waals surface area contributed by atoms with Gasteiger partial charge in [0.2, 0.25) is 10.0 Å². The van der Waals surface area contributed by atoms with E-state index in [0.717, 1.165) is 23.3 Å². The molecule has 2 N–H and O–H groups in total. The van der Waals surface area contributed by atoms with Crippen molar-refractivity contribution in [2.45, 2.75) is 23.5 Å². The van der Waals surface area contributed by atoms with E-state index in [2.05, 4.69) is 4.72 Å². The largest absolute Gasteiger partial charge is 0.391 e. The highest BCUT2D eigenvalue weighted by Gasteiger charge is 2.34. The lowest BCUT2D eigenvalue weighted by Gasteiger charge is -2.18. The van der Waals surface area contributed by atoms with Gasteiger partial charge in [-0.3, -0.25) is 0 Å². The minimum Gasteiger partial charge on any atom is -0.391 e. The maximum absolute atomic E-state index is 12.9. The van der Waals surface area contributed by atoms with Crippen LogP contribution >= 0.6 is 0 Å². The number of hydrogen-bond donors (Lipinski definition) is 2. The van der Waals surface area contributed by atoms with Gasteiger partial charge in [-0.25, -0.2) is 17.5 Å². The maximum Gasteiger partial charge on any atom is 0.241 e. The van der Waals surface area contributed by atoms with Gasteiger partial charge < -0.3 is 5.11 Å². The van der Waals surface area contributed by atoms with Crippen molar-refractivity contribution in [1.29, 1.82) is 0 Å². The lowest BCUT2D eigenvalue weighted by molar-refractivity contribution is 0.151. The van der Waals surface area contributed by atoms with Crippen molar-refractivity contribution in [3.8, 4) is 0 Å². The summed E-state index contributed by atoms with van der Waals surface area (Å²) in [4.78, 5) is -0.0273. The third kappa shape index (κ3) is 2.70. The number of sulfonamides is 1. The van der Waals surface area contributed by atoms with E-state index in [1.54, 1.807) is 12.1 Å². The molecule has 3 rings (SSSR count). The van der Waals surface area contributed by atoms with Gasteiger partial charge in [-0.2, -0.15) is 0 Å². The summed E-state index contributed by atoms with van der Waals surface area (Å²) in [5, 5.41) is 10.1. The van der Waals surface area contributed by atoms with Gasteiger partial charge in [0.05, 0.1) is 17.0 Å². The van der Waals surface area contributed by atoms with Crippen LogP contribution in [0.25, 0.3) is 0 Å². The normalized spacial score (nSPS) is 21.2. The fourth-order valence-electron chi connectivity index (χ4n) is 2.56. The van der Waals surface area contributed by atoms with E-state index in [0.29, 0.717) is 6.42 Å². The Morgan fingerprint density at radius 3 is 2.48 bits per heavy atom. The zero-order valence-corrected chi connectivity index (χ0v) is 11.8. The SMILES string of the molecule is O=S(=O)(N[C@H]1c2ccccc2C[C@H]1O)c1ccc(F)cc1. The molecule has 0 spiro atoms. The third-order valence-electron chi connectivity index (χ3n) is 3.61. The van der Waals surface area contributed by atoms with E-state index in [4.69, 9.17) is 0 Å². The molecule has 2 aromatic carbocycles. The van der Waals surface area contributed by atoms with Gasteiger partial charge in [-0.15, -0.1) is 0 Å². The average Bonchev–Trinajstić information content (AvgIpc) is 2.75. The van der Waals surface area contributed by atoms with E-state index in [9.17, 15) is 17.9 Å². The fraction of sp³-hybridized carbons (Fsp3) is 0.200. The minimum absolute atomic E-state index is 0.0273. The van der Waals surface area contributed by atoms with E-state index in [1.165, 1.54) is 12.1 Å². The average molecular weight is 307 g/mol. The predicted molar refractivity (Wildman–Crippen MR) is 75.6 cm³/mol. The molecule has 0 heterocycles. The Bertz CT molecular complexity index is 759. The molecular formula is C15H14FNO3S. The molecule has 0 unspecified atom stereocenters. The summed E-state index contributed by atoms with van der Waals surface area (Å²) >= 11 is 0. The van der Waals surface area contributed by atoms with Crippen LogP contribution < -0.4 is 4.72 Å². The van der Waals surface area contributed by atoms with E-state index < -0.39 is 28.0 Å². The Balaban J connectivity index is 1.91. The summed E-state index contributed by atoms with van der Waals surface area (Å²) in [6.45, 7) is 0. The van der Waals surface area contributed by atoms with Crippen LogP contribution in [0.3, 0.4) is 0 Å². The molecule has 0 fully saturated rings. The Kier molecular flexibility index (Phi) is 3.52. The van der Waals surface area contributed by atoms with Crippen LogP contribution in [0.15, 0.2) is 53.4 Å². The molecule has 21 heavy (non-hydrogen) atoms. The van der Waals surface area contributed by atoms with Crippen molar-refractivity contribution in [2.75, 3.05) is 0 Å². The monoisotopic (exact) mass is 307 g/mol. The van der Waals surface area contributed by atoms with Crippen molar-refractivity contribution in [1.82, 2.24) is 4.72 Å². The second-order valence-electron chi connectivity index (χ2n) is 5.02. The highest BCUT2D eigenvalue weighted by atomic mass is 32.2. The van der Waals surface area contributed by atoms with Gasteiger partial charge >= 0.3 is 0 Å². The number of hydrogen-bond acceptors (Lipinski definition) is 3. The molecule has 0 aromatic heterocycles. The van der Waals surface area contributed by atoms with Crippen molar-refractivity contribution in [3.05, 3.63) is 65.5 Å². The lowest BCUT2D eigenvalue weighted by atomic mass is 10.1. The summed E-state index contributed by atoms with van der Waals surface area (Å²) in [6, 6.07) is 11.2. The molecule has 0 saturated heterocycles. The Morgan fingerprint density at radius 1 is 1.10 bits per heavy atom. The standard InChI is InChI=1S/C15H14FNO3S/c16-11-5-7-12(8-6-11)21(19,20)17-15-13-4-2-1-3-10(13)9-14(15)18/h1-8,14-15,17-18H,9H2/t14-,15+/m1/s1. The first-order valence-corrected chi connectivity index (χ1v) is 7.99. The van der Waals surface area contributed by atoms with Crippen molar-refractivity contribution < 1.29 is 17.9 Å². The van der Waals surface area contributed by atoms with Crippen LogP contribution in [0.1, 0.15) is 17.2 Å². The molecule has 6 heteroatoms. The molecule has 1 aliphatic rings. The molecule has 2 aromatic rings. The van der Waals surface area contributed by atoms with Crippen LogP contribution in [-0.2, 0) is 16.4 Å². The second-order valence-corrected chi connectivity index (χ2v) is 6.74. The molecule has 110 valence electrons. The molecule has 2 atom stereocenters. The van der Waals surface area contributed by atoms with Crippen LogP contribution in [0, 0.1) is 5.82 Å². The molecule has 0 radical (unpaired) electrons. The van der Waals surface area contributed by atoms with Gasteiger partial charge in [0.25, 0.3) is 0 Å². The zero-order valence-electron chi connectivity index (χ0n) is 11.0. The smallest absolute Gasteiger partial charge is 0.241 e. The van der Waals surface area contributed by atoms with Crippen LogP contribution in [0.2, 0.25) is 0 Å². The van der Waals surface area contributed by atoms with Gasteiger partial charge in [0.15, 0.2) is 0 Å². The Morgan fingerprint density at radius 2 is 1.76 bits per heavy atom. The molecule has 0 amide bonds. The van der Waals surface area contributed by atoms with Crippen molar-refractivity contribution in [2.24, 2.45) is 0 Å². The van der Waals surface area contributed by atoms with Gasteiger partial charge in [-0.05, 0) is 35.4 Å². The first kappa shape index (κ1) is 14.2. The zero-order chi connectivity index (χ0) is 15.0. The van der Waals surface area contributed by atoms with Gasteiger partial charge in [0, 0.05) is 6.42 Å². The van der Waals surface area contributed by atoms with E-state index in [-0.39, 0.29) is 4.90 Å². The summed E-state index contributed by atoms with van der Waals surface area (Å²) in [5.41, 5.74) is 1.70. The molecule has 4 nitrogen and oxygen atoms in total. The van der Waals surface area contributed by atoms with Gasteiger partial charge in [-0.1, -0.05) is 24.3 Å². The van der Waals surface area contributed by atoms with Crippen LogP contribution in [0.4, 0.5) is 4.39 Å². The third-order valence-corrected chi connectivity index (χ3v) is 5.07. The Hall–Kier alpha value is -1.76. The quantitative estimate of drug-likeness (QED) is 0.908. The molecule has 0 aliphatic heterocycles. The van der Waals surface area contributed by atoms with Crippen LogP contribution in [0.5, 0.6) is 0 Å². The highest BCUT2D eigenvalue weighted by molar-refractivity contribution is 7.89. The summed E-state index contributed by atoms with van der Waals surface area (Å²) < 4.78 is 40.0. The number of rotatable bonds is 3. The molecular weight excluding hydrogens is 293 g/mol. The molecule has 0 bridgehead atoms. The summed E-state index contributed by atoms with van der Waals surface area (Å²) in [5.74, 6) is -0.500. The first-order valence-electron chi connectivity index (χ1n) is 6.51.